The van der Waals surface area contributed by atoms with Gasteiger partial charge in [-0.25, -0.2) is 0 Å². The minimum Gasteiger partial charge on any atom is -0.398 e. The van der Waals surface area contributed by atoms with Gasteiger partial charge < -0.3 is 11.1 Å². The number of rotatable bonds is 2. The number of hydrogen-bond acceptors (Lipinski definition) is 4. The molecule has 80 valence electrons. The van der Waals surface area contributed by atoms with Crippen LogP contribution in [0.2, 0.25) is 0 Å². The van der Waals surface area contributed by atoms with Gasteiger partial charge in [-0.2, -0.15) is 0 Å². The molecule has 0 unspecified atom stereocenters. The lowest BCUT2D eigenvalue weighted by Gasteiger charge is -2.22. The molecular weight excluding hydrogens is 190 g/mol. The molecule has 0 bridgehead atoms. The molecule has 0 atom stereocenters. The number of anilines is 2. The summed E-state index contributed by atoms with van der Waals surface area (Å²) in [5, 5.41) is 13.8. The molecule has 4 heteroatoms. The summed E-state index contributed by atoms with van der Waals surface area (Å²) in [6.07, 6.45) is 3.51. The van der Waals surface area contributed by atoms with Crippen LogP contribution in [0.3, 0.4) is 0 Å². The molecule has 0 saturated heterocycles. The van der Waals surface area contributed by atoms with Crippen LogP contribution in [0.1, 0.15) is 18.1 Å². The van der Waals surface area contributed by atoms with E-state index in [1.807, 2.05) is 25.1 Å². The Kier molecular flexibility index (Phi) is 2.51. The number of hydrogen-bond donors (Lipinski definition) is 3. The molecule has 1 heterocycles. The number of nitrogens with zero attached hydrogens (tertiary/aromatic N) is 1. The van der Waals surface area contributed by atoms with Crippen LogP contribution in [0.4, 0.5) is 11.4 Å². The fourth-order valence-corrected chi connectivity index (χ4v) is 1.77. The van der Waals surface area contributed by atoms with Gasteiger partial charge in [0, 0.05) is 35.2 Å². The normalized spacial score (nSPS) is 13.9. The first-order valence-corrected chi connectivity index (χ1v) is 5.01. The molecule has 1 aromatic rings. The van der Waals surface area contributed by atoms with Crippen molar-refractivity contribution < 1.29 is 5.21 Å². The van der Waals surface area contributed by atoms with Crippen molar-refractivity contribution in [2.45, 2.75) is 13.5 Å². The van der Waals surface area contributed by atoms with E-state index in [0.29, 0.717) is 6.54 Å². The molecular formula is C11H15N3O. The third kappa shape index (κ3) is 1.76. The zero-order valence-electron chi connectivity index (χ0n) is 8.70. The molecule has 0 spiro atoms. The van der Waals surface area contributed by atoms with Gasteiger partial charge in [-0.05, 0) is 25.1 Å². The van der Waals surface area contributed by atoms with Crippen LogP contribution in [-0.2, 0) is 6.54 Å². The highest BCUT2D eigenvalue weighted by Crippen LogP contribution is 2.30. The van der Waals surface area contributed by atoms with Gasteiger partial charge >= 0.3 is 0 Å². The molecule has 1 aliphatic rings. The van der Waals surface area contributed by atoms with Gasteiger partial charge in [0.15, 0.2) is 0 Å². The van der Waals surface area contributed by atoms with E-state index in [4.69, 9.17) is 5.73 Å². The molecule has 2 rings (SSSR count). The molecule has 0 saturated carbocycles. The Morgan fingerprint density at radius 3 is 3.07 bits per heavy atom. The number of nitrogens with one attached hydrogen (secondary N) is 1. The van der Waals surface area contributed by atoms with Gasteiger partial charge in [-0.15, -0.1) is 0 Å². The van der Waals surface area contributed by atoms with Crippen molar-refractivity contribution in [1.82, 2.24) is 5.06 Å². The molecule has 1 aliphatic heterocycles. The van der Waals surface area contributed by atoms with Crippen LogP contribution in [0.15, 0.2) is 18.3 Å². The number of benzene rings is 1. The predicted molar refractivity (Wildman–Crippen MR) is 61.4 cm³/mol. The number of hydroxylamine groups is 2. The Bertz CT molecular complexity index is 401. The van der Waals surface area contributed by atoms with Crippen LogP contribution in [0.25, 0.3) is 6.08 Å². The van der Waals surface area contributed by atoms with Crippen molar-refractivity contribution in [1.29, 1.82) is 0 Å². The van der Waals surface area contributed by atoms with E-state index in [9.17, 15) is 5.21 Å². The standard InChI is InChI=1S/C11H15N3O/c1-2-13-11-4-3-10(12)9-7-14(15)6-5-8(9)11/h3-6,13,15H,2,7,12H2,1H3. The SMILES string of the molecule is CCNc1ccc(N)c2c1C=CN(O)C2. The van der Waals surface area contributed by atoms with E-state index < -0.39 is 0 Å². The minimum atomic E-state index is 0.441. The minimum absolute atomic E-state index is 0.441. The van der Waals surface area contributed by atoms with Crippen molar-refractivity contribution in [3.63, 3.8) is 0 Å². The average Bonchev–Trinajstić information content (AvgIpc) is 2.23. The summed E-state index contributed by atoms with van der Waals surface area (Å²) >= 11 is 0. The van der Waals surface area contributed by atoms with Crippen molar-refractivity contribution in [3.8, 4) is 0 Å². The quantitative estimate of drug-likeness (QED) is 0.645. The molecule has 4 N–H and O–H groups in total. The van der Waals surface area contributed by atoms with Crippen LogP contribution in [-0.4, -0.2) is 16.8 Å². The van der Waals surface area contributed by atoms with Gasteiger partial charge in [0.05, 0.1) is 6.54 Å². The third-order valence-corrected chi connectivity index (χ3v) is 2.49. The second-order valence-corrected chi connectivity index (χ2v) is 3.54. The summed E-state index contributed by atoms with van der Waals surface area (Å²) in [6.45, 7) is 3.36. The van der Waals surface area contributed by atoms with Gasteiger partial charge in [0.2, 0.25) is 0 Å². The van der Waals surface area contributed by atoms with Crippen molar-refractivity contribution in [2.24, 2.45) is 0 Å². The highest BCUT2D eigenvalue weighted by Gasteiger charge is 2.14. The Labute approximate surface area is 89.0 Å². The second-order valence-electron chi connectivity index (χ2n) is 3.54. The Balaban J connectivity index is 2.48. The van der Waals surface area contributed by atoms with Crippen LogP contribution < -0.4 is 11.1 Å². The van der Waals surface area contributed by atoms with Gasteiger partial charge in [-0.3, -0.25) is 10.3 Å². The maximum absolute atomic E-state index is 9.37. The number of nitrogens with two attached hydrogens (primary N) is 1. The molecule has 0 fully saturated rings. The summed E-state index contributed by atoms with van der Waals surface area (Å²) in [5.41, 5.74) is 9.69. The fourth-order valence-electron chi connectivity index (χ4n) is 1.77. The van der Waals surface area contributed by atoms with E-state index in [1.165, 1.54) is 0 Å². The summed E-state index contributed by atoms with van der Waals surface area (Å²) in [4.78, 5) is 0. The molecule has 0 aromatic heterocycles. The molecule has 15 heavy (non-hydrogen) atoms. The van der Waals surface area contributed by atoms with Gasteiger partial charge in [0.25, 0.3) is 0 Å². The van der Waals surface area contributed by atoms with E-state index in [0.717, 1.165) is 34.1 Å². The maximum atomic E-state index is 9.37. The highest BCUT2D eigenvalue weighted by atomic mass is 16.5. The smallest absolute Gasteiger partial charge is 0.0723 e. The Morgan fingerprint density at radius 2 is 2.33 bits per heavy atom. The number of fused-ring (bicyclic) bond motifs is 1. The highest BCUT2D eigenvalue weighted by molar-refractivity contribution is 5.75. The van der Waals surface area contributed by atoms with E-state index in [-0.39, 0.29) is 0 Å². The summed E-state index contributed by atoms with van der Waals surface area (Å²) in [5.74, 6) is 0. The lowest BCUT2D eigenvalue weighted by molar-refractivity contribution is -0.0492. The zero-order valence-corrected chi connectivity index (χ0v) is 8.70. The van der Waals surface area contributed by atoms with Crippen LogP contribution in [0.5, 0.6) is 0 Å². The van der Waals surface area contributed by atoms with Crippen molar-refractivity contribution in [3.05, 3.63) is 29.5 Å². The summed E-state index contributed by atoms with van der Waals surface area (Å²) in [6, 6.07) is 3.83. The zero-order chi connectivity index (χ0) is 10.8. The van der Waals surface area contributed by atoms with Gasteiger partial charge in [-0.1, -0.05) is 0 Å². The first kappa shape index (κ1) is 9.86. The monoisotopic (exact) mass is 205 g/mol. The first-order valence-electron chi connectivity index (χ1n) is 5.01. The van der Waals surface area contributed by atoms with Crippen molar-refractivity contribution in [2.75, 3.05) is 17.6 Å². The molecule has 0 aliphatic carbocycles. The summed E-state index contributed by atoms with van der Waals surface area (Å²) in [7, 11) is 0. The van der Waals surface area contributed by atoms with Crippen molar-refractivity contribution >= 4 is 17.5 Å². The van der Waals surface area contributed by atoms with Gasteiger partial charge in [0.1, 0.15) is 0 Å². The lowest BCUT2D eigenvalue weighted by Crippen LogP contribution is -2.17. The second kappa shape index (κ2) is 3.82. The fraction of sp³-hybridized carbons (Fsp3) is 0.273. The Morgan fingerprint density at radius 1 is 1.53 bits per heavy atom. The Hall–Kier alpha value is -1.68. The van der Waals surface area contributed by atoms with E-state index in [2.05, 4.69) is 5.32 Å². The summed E-state index contributed by atoms with van der Waals surface area (Å²) < 4.78 is 0. The van der Waals surface area contributed by atoms with E-state index >= 15 is 0 Å². The first-order chi connectivity index (χ1) is 7.22. The third-order valence-electron chi connectivity index (χ3n) is 2.49. The molecule has 0 radical (unpaired) electrons. The lowest BCUT2D eigenvalue weighted by atomic mass is 10.0. The number of nitrogen functional groups attached to an aromatic ring is 1. The van der Waals surface area contributed by atoms with E-state index in [1.54, 1.807) is 6.20 Å². The predicted octanol–water partition coefficient (Wildman–Crippen LogP) is 1.88. The molecule has 4 nitrogen and oxygen atoms in total. The van der Waals surface area contributed by atoms with Crippen LogP contribution in [0, 0.1) is 0 Å². The largest absolute Gasteiger partial charge is 0.398 e. The van der Waals surface area contributed by atoms with Crippen LogP contribution >= 0.6 is 0 Å². The maximum Gasteiger partial charge on any atom is 0.0723 e. The molecule has 1 aromatic carbocycles. The average molecular weight is 205 g/mol. The molecule has 0 amide bonds. The topological polar surface area (TPSA) is 61.5 Å².